The van der Waals surface area contributed by atoms with Crippen LogP contribution in [-0.4, -0.2) is 33.0 Å². The van der Waals surface area contributed by atoms with Crippen LogP contribution in [0.2, 0.25) is 0 Å². The number of para-hydroxylation sites is 1. The fourth-order valence-corrected chi connectivity index (χ4v) is 5.24. The SMILES string of the molecule is Cc1ccc(-c2nc3sc(=C4C(=O)N(CC(=O)Nc5ccc(F)cc5)c5ccccc54)c(=O)n3n2)cc1. The average Bonchev–Trinajstić information content (AvgIpc) is 3.52. The quantitative estimate of drug-likeness (QED) is 0.400. The van der Waals surface area contributed by atoms with Gasteiger partial charge in [-0.2, -0.15) is 9.50 Å². The summed E-state index contributed by atoms with van der Waals surface area (Å²) >= 11 is 1.09. The number of hydrogen-bond donors (Lipinski definition) is 1. The second-order valence-electron chi connectivity index (χ2n) is 8.57. The van der Waals surface area contributed by atoms with Crippen molar-refractivity contribution in [2.24, 2.45) is 0 Å². The molecule has 182 valence electrons. The van der Waals surface area contributed by atoms with Gasteiger partial charge in [0.2, 0.25) is 10.9 Å². The Morgan fingerprint density at radius 1 is 1.00 bits per heavy atom. The van der Waals surface area contributed by atoms with E-state index in [1.54, 1.807) is 24.3 Å². The molecular weight excluding hydrogens is 493 g/mol. The fraction of sp³-hybridized carbons (Fsp3) is 0.0741. The van der Waals surface area contributed by atoms with Crippen LogP contribution in [0.3, 0.4) is 0 Å². The van der Waals surface area contributed by atoms with Crippen molar-refractivity contribution in [2.75, 3.05) is 16.8 Å². The van der Waals surface area contributed by atoms with E-state index in [2.05, 4.69) is 15.4 Å². The van der Waals surface area contributed by atoms with Crippen LogP contribution in [0.25, 0.3) is 21.9 Å². The number of nitrogens with zero attached hydrogens (tertiary/aromatic N) is 4. The van der Waals surface area contributed by atoms with Gasteiger partial charge in [-0.25, -0.2) is 4.39 Å². The second kappa shape index (κ2) is 8.75. The van der Waals surface area contributed by atoms with Crippen LogP contribution in [0.5, 0.6) is 0 Å². The van der Waals surface area contributed by atoms with Gasteiger partial charge in [-0.1, -0.05) is 59.4 Å². The number of thiazole rings is 1. The summed E-state index contributed by atoms with van der Waals surface area (Å²) in [6.07, 6.45) is 0. The minimum absolute atomic E-state index is 0.212. The molecule has 0 fully saturated rings. The number of aromatic nitrogens is 3. The molecule has 2 aromatic heterocycles. The van der Waals surface area contributed by atoms with Crippen LogP contribution < -0.4 is 20.3 Å². The molecule has 1 N–H and O–H groups in total. The highest BCUT2D eigenvalue weighted by Gasteiger charge is 2.35. The lowest BCUT2D eigenvalue weighted by molar-refractivity contribution is -0.118. The Balaban J connectivity index is 1.38. The van der Waals surface area contributed by atoms with Gasteiger partial charge >= 0.3 is 0 Å². The molecule has 1 aliphatic rings. The Bertz CT molecular complexity index is 1810. The number of aryl methyl sites for hydroxylation is 1. The third-order valence-corrected chi connectivity index (χ3v) is 7.08. The number of amides is 2. The minimum Gasteiger partial charge on any atom is -0.325 e. The number of rotatable bonds is 4. The summed E-state index contributed by atoms with van der Waals surface area (Å²) in [6, 6.07) is 20.0. The molecule has 10 heteroatoms. The zero-order valence-electron chi connectivity index (χ0n) is 19.4. The Kier molecular flexibility index (Phi) is 5.38. The topological polar surface area (TPSA) is 96.7 Å². The van der Waals surface area contributed by atoms with E-state index in [0.717, 1.165) is 22.5 Å². The number of halogens is 1. The van der Waals surface area contributed by atoms with E-state index in [0.29, 0.717) is 27.7 Å². The highest BCUT2D eigenvalue weighted by molar-refractivity contribution is 7.15. The smallest absolute Gasteiger partial charge is 0.291 e. The maximum absolute atomic E-state index is 13.5. The first kappa shape index (κ1) is 22.7. The normalized spacial score (nSPS) is 14.3. The third-order valence-electron chi connectivity index (χ3n) is 6.05. The van der Waals surface area contributed by atoms with Crippen LogP contribution in [0.4, 0.5) is 15.8 Å². The zero-order chi connectivity index (χ0) is 25.7. The number of carbonyl (C=O) groups excluding carboxylic acids is 2. The van der Waals surface area contributed by atoms with Crippen molar-refractivity contribution in [3.8, 4) is 11.4 Å². The molecule has 3 heterocycles. The van der Waals surface area contributed by atoms with Crippen molar-refractivity contribution in [1.29, 1.82) is 0 Å². The van der Waals surface area contributed by atoms with Gasteiger partial charge in [-0.15, -0.1) is 5.10 Å². The summed E-state index contributed by atoms with van der Waals surface area (Å²) in [5.74, 6) is -0.909. The minimum atomic E-state index is -0.462. The van der Waals surface area contributed by atoms with Crippen molar-refractivity contribution < 1.29 is 14.0 Å². The molecule has 1 aliphatic heterocycles. The molecule has 0 bridgehead atoms. The summed E-state index contributed by atoms with van der Waals surface area (Å²) in [6.45, 7) is 1.71. The summed E-state index contributed by atoms with van der Waals surface area (Å²) in [5, 5.41) is 7.04. The van der Waals surface area contributed by atoms with Gasteiger partial charge in [0.25, 0.3) is 11.5 Å². The molecular formula is C27H18FN5O3S. The number of nitrogens with one attached hydrogen (secondary N) is 1. The third kappa shape index (κ3) is 3.97. The lowest BCUT2D eigenvalue weighted by Gasteiger charge is -2.16. The van der Waals surface area contributed by atoms with Gasteiger partial charge in [-0.05, 0) is 37.3 Å². The number of hydrogen-bond acceptors (Lipinski definition) is 6. The molecule has 0 spiro atoms. The first-order valence-corrected chi connectivity index (χ1v) is 12.2. The lowest BCUT2D eigenvalue weighted by Crippen LogP contribution is -2.37. The highest BCUT2D eigenvalue weighted by atomic mass is 32.1. The fourth-order valence-electron chi connectivity index (χ4n) is 4.24. The van der Waals surface area contributed by atoms with Gasteiger partial charge in [0.05, 0.1) is 11.3 Å². The van der Waals surface area contributed by atoms with Crippen molar-refractivity contribution in [1.82, 2.24) is 14.6 Å². The molecule has 37 heavy (non-hydrogen) atoms. The molecule has 6 rings (SSSR count). The van der Waals surface area contributed by atoms with E-state index in [4.69, 9.17) is 0 Å². The summed E-state index contributed by atoms with van der Waals surface area (Å²) in [5.41, 5.74) is 3.15. The summed E-state index contributed by atoms with van der Waals surface area (Å²) < 4.78 is 14.6. The first-order valence-electron chi connectivity index (χ1n) is 11.4. The molecule has 0 saturated carbocycles. The van der Waals surface area contributed by atoms with Gasteiger partial charge in [0.1, 0.15) is 16.9 Å². The van der Waals surface area contributed by atoms with Gasteiger partial charge in [0.15, 0.2) is 5.82 Å². The standard InChI is InChI=1S/C27H18FN5O3S/c1-15-6-8-16(9-7-15)24-30-27-33(31-24)26(36)23(37-27)22-19-4-2-3-5-20(19)32(25(22)35)14-21(34)29-18-12-10-17(28)11-13-18/h2-13H,14H2,1H3,(H,29,34). The number of fused-ring (bicyclic) bond motifs is 2. The highest BCUT2D eigenvalue weighted by Crippen LogP contribution is 2.35. The predicted molar refractivity (Wildman–Crippen MR) is 139 cm³/mol. The summed E-state index contributed by atoms with van der Waals surface area (Å²) in [7, 11) is 0. The lowest BCUT2D eigenvalue weighted by atomic mass is 10.1. The van der Waals surface area contributed by atoms with E-state index in [1.807, 2.05) is 31.2 Å². The Labute approximate surface area is 213 Å². The molecule has 0 aliphatic carbocycles. The van der Waals surface area contributed by atoms with E-state index in [9.17, 15) is 18.8 Å². The van der Waals surface area contributed by atoms with Crippen LogP contribution in [0, 0.1) is 12.7 Å². The number of anilines is 2. The largest absolute Gasteiger partial charge is 0.325 e. The zero-order valence-corrected chi connectivity index (χ0v) is 20.3. The molecule has 0 atom stereocenters. The monoisotopic (exact) mass is 511 g/mol. The van der Waals surface area contributed by atoms with E-state index in [-0.39, 0.29) is 16.7 Å². The molecule has 5 aromatic rings. The van der Waals surface area contributed by atoms with E-state index in [1.165, 1.54) is 33.7 Å². The summed E-state index contributed by atoms with van der Waals surface area (Å²) in [4.78, 5) is 45.8. The van der Waals surface area contributed by atoms with Crippen LogP contribution in [0.15, 0.2) is 77.6 Å². The average molecular weight is 512 g/mol. The molecule has 8 nitrogen and oxygen atoms in total. The Morgan fingerprint density at radius 3 is 2.46 bits per heavy atom. The maximum Gasteiger partial charge on any atom is 0.291 e. The molecule has 0 unspecified atom stereocenters. The number of carbonyl (C=O) groups is 2. The second-order valence-corrected chi connectivity index (χ2v) is 9.55. The molecule has 2 amide bonds. The molecule has 3 aromatic carbocycles. The van der Waals surface area contributed by atoms with E-state index < -0.39 is 23.2 Å². The van der Waals surface area contributed by atoms with Gasteiger partial charge in [-0.3, -0.25) is 19.3 Å². The van der Waals surface area contributed by atoms with E-state index >= 15 is 0 Å². The first-order chi connectivity index (χ1) is 17.9. The Morgan fingerprint density at radius 2 is 1.73 bits per heavy atom. The van der Waals surface area contributed by atoms with Crippen molar-refractivity contribution in [2.45, 2.75) is 6.92 Å². The molecule has 0 saturated heterocycles. The van der Waals surface area contributed by atoms with Gasteiger partial charge < -0.3 is 5.32 Å². The van der Waals surface area contributed by atoms with Crippen LogP contribution >= 0.6 is 11.3 Å². The van der Waals surface area contributed by atoms with Crippen molar-refractivity contribution in [3.05, 3.63) is 105 Å². The van der Waals surface area contributed by atoms with Crippen LogP contribution in [0.1, 0.15) is 11.1 Å². The van der Waals surface area contributed by atoms with Crippen molar-refractivity contribution >= 4 is 45.1 Å². The maximum atomic E-state index is 13.5. The predicted octanol–water partition coefficient (Wildman–Crippen LogP) is 3.17. The van der Waals surface area contributed by atoms with Crippen LogP contribution in [-0.2, 0) is 9.59 Å². The Hall–Kier alpha value is -4.70. The molecule has 0 radical (unpaired) electrons. The van der Waals surface area contributed by atoms with Gasteiger partial charge in [0, 0.05) is 16.8 Å². The van der Waals surface area contributed by atoms with Crippen molar-refractivity contribution in [3.63, 3.8) is 0 Å². The number of benzene rings is 3.